The van der Waals surface area contributed by atoms with Gasteiger partial charge in [0.2, 0.25) is 0 Å². The molecule has 0 aromatic rings. The summed E-state index contributed by atoms with van der Waals surface area (Å²) in [6.45, 7) is 3.91. The van der Waals surface area contributed by atoms with E-state index in [4.69, 9.17) is 23.7 Å². The molecule has 1 rings (SSSR count). The molecule has 1 heterocycles. The smallest absolute Gasteiger partial charge is 0.306 e. The van der Waals surface area contributed by atoms with Crippen molar-refractivity contribution in [2.24, 2.45) is 0 Å². The Labute approximate surface area is 288 Å². The second-order valence-electron chi connectivity index (χ2n) is 13.1. The standard InChI is InChI=1S/C36H66O12/c1-4-6-8-10-12-14-16-18-20-22-31(41)47-34-33(43)30(26-44-27(3)38)46-36(45-25-29(40)28(39)24-37)35(34)48-32(42)23-21-19-17-15-13-11-9-7-5-2/h28-30,33-37,39-40,43H,4-26H2,1-3H3/t28-,29+,30+,33+,34-,35-,36+/m0/s1. The quantitative estimate of drug-likeness (QED) is 0.0468. The predicted molar refractivity (Wildman–Crippen MR) is 180 cm³/mol. The van der Waals surface area contributed by atoms with Crippen LogP contribution in [0, 0.1) is 0 Å². The fourth-order valence-electron chi connectivity index (χ4n) is 5.63. The molecule has 0 unspecified atom stereocenters. The number of esters is 3. The average Bonchev–Trinajstić information content (AvgIpc) is 3.06. The first-order valence-electron chi connectivity index (χ1n) is 18.6. The highest BCUT2D eigenvalue weighted by Gasteiger charge is 2.51. The van der Waals surface area contributed by atoms with Crippen molar-refractivity contribution in [3.8, 4) is 0 Å². The van der Waals surface area contributed by atoms with Gasteiger partial charge in [-0.2, -0.15) is 0 Å². The Morgan fingerprint density at radius 1 is 0.667 bits per heavy atom. The van der Waals surface area contributed by atoms with Crippen LogP contribution in [-0.2, 0) is 38.1 Å². The molecule has 0 spiro atoms. The van der Waals surface area contributed by atoms with E-state index in [1.807, 2.05) is 0 Å². The van der Waals surface area contributed by atoms with Gasteiger partial charge in [0.05, 0.1) is 13.2 Å². The third kappa shape index (κ3) is 20.0. The lowest BCUT2D eigenvalue weighted by Gasteiger charge is -2.43. The summed E-state index contributed by atoms with van der Waals surface area (Å²) in [5.74, 6) is -1.82. The van der Waals surface area contributed by atoms with Gasteiger partial charge < -0.3 is 44.1 Å². The Hall–Kier alpha value is -1.83. The molecule has 0 aromatic carbocycles. The van der Waals surface area contributed by atoms with Gasteiger partial charge in [-0.05, 0) is 12.8 Å². The van der Waals surface area contributed by atoms with Gasteiger partial charge in [-0.3, -0.25) is 14.4 Å². The van der Waals surface area contributed by atoms with Crippen molar-refractivity contribution >= 4 is 17.9 Å². The second-order valence-corrected chi connectivity index (χ2v) is 13.1. The Morgan fingerprint density at radius 3 is 1.54 bits per heavy atom. The van der Waals surface area contributed by atoms with Gasteiger partial charge in [-0.25, -0.2) is 0 Å². The molecule has 0 saturated carbocycles. The zero-order valence-electron chi connectivity index (χ0n) is 29.9. The van der Waals surface area contributed by atoms with Crippen molar-refractivity contribution < 1.29 is 58.5 Å². The average molecular weight is 691 g/mol. The van der Waals surface area contributed by atoms with Gasteiger partial charge in [0.1, 0.15) is 31.0 Å². The van der Waals surface area contributed by atoms with Crippen molar-refractivity contribution in [3.05, 3.63) is 0 Å². The lowest BCUT2D eigenvalue weighted by Crippen LogP contribution is -2.62. The molecule has 282 valence electrons. The lowest BCUT2D eigenvalue weighted by molar-refractivity contribution is -0.311. The summed E-state index contributed by atoms with van der Waals surface area (Å²) in [6, 6.07) is 0. The summed E-state index contributed by atoms with van der Waals surface area (Å²) in [6.07, 6.45) is 9.37. The Balaban J connectivity index is 2.89. The predicted octanol–water partition coefficient (Wildman–Crippen LogP) is 5.03. The van der Waals surface area contributed by atoms with Crippen LogP contribution < -0.4 is 0 Å². The molecule has 48 heavy (non-hydrogen) atoms. The van der Waals surface area contributed by atoms with Gasteiger partial charge in [0.15, 0.2) is 18.5 Å². The highest BCUT2D eigenvalue weighted by Crippen LogP contribution is 2.29. The minimum atomic E-state index is -1.53. The molecule has 0 radical (unpaired) electrons. The summed E-state index contributed by atoms with van der Waals surface area (Å²) in [5.41, 5.74) is 0. The van der Waals surface area contributed by atoms with Crippen LogP contribution >= 0.6 is 0 Å². The number of carbonyl (C=O) groups is 3. The molecule has 1 aliphatic heterocycles. The molecule has 1 fully saturated rings. The van der Waals surface area contributed by atoms with Crippen LogP contribution in [0.2, 0.25) is 0 Å². The van der Waals surface area contributed by atoms with Crippen LogP contribution in [0.25, 0.3) is 0 Å². The van der Waals surface area contributed by atoms with Gasteiger partial charge in [-0.1, -0.05) is 117 Å². The van der Waals surface area contributed by atoms with Crippen LogP contribution in [0.3, 0.4) is 0 Å². The van der Waals surface area contributed by atoms with E-state index in [-0.39, 0.29) is 12.8 Å². The van der Waals surface area contributed by atoms with Crippen LogP contribution in [0.5, 0.6) is 0 Å². The molecule has 4 N–H and O–H groups in total. The largest absolute Gasteiger partial charge is 0.463 e. The fourth-order valence-corrected chi connectivity index (χ4v) is 5.63. The first-order valence-corrected chi connectivity index (χ1v) is 18.6. The number of carbonyl (C=O) groups excluding carboxylic acids is 3. The third-order valence-electron chi connectivity index (χ3n) is 8.64. The maximum Gasteiger partial charge on any atom is 0.306 e. The van der Waals surface area contributed by atoms with E-state index >= 15 is 0 Å². The number of aliphatic hydroxyl groups is 4. The number of ether oxygens (including phenoxy) is 5. The van der Waals surface area contributed by atoms with E-state index in [0.29, 0.717) is 12.8 Å². The molecule has 1 saturated heterocycles. The normalized spacial score (nSPS) is 22.2. The Morgan fingerprint density at radius 2 is 1.10 bits per heavy atom. The van der Waals surface area contributed by atoms with E-state index in [2.05, 4.69) is 13.8 Å². The SMILES string of the molecule is CCCCCCCCCCCC(=O)O[C@@H]1[C@H](OC[C@@H](O)[C@@H](O)CO)O[C@H](COC(C)=O)[C@@H](O)[C@@H]1OC(=O)CCCCCCCCCCC. The number of hydrogen-bond acceptors (Lipinski definition) is 12. The van der Waals surface area contributed by atoms with Gasteiger partial charge in [0.25, 0.3) is 0 Å². The summed E-state index contributed by atoms with van der Waals surface area (Å²) >= 11 is 0. The monoisotopic (exact) mass is 690 g/mol. The fraction of sp³-hybridized carbons (Fsp3) is 0.917. The molecule has 7 atom stereocenters. The summed E-state index contributed by atoms with van der Waals surface area (Å²) < 4.78 is 28.0. The summed E-state index contributed by atoms with van der Waals surface area (Å²) in [4.78, 5) is 37.5. The van der Waals surface area contributed by atoms with Crippen molar-refractivity contribution in [3.63, 3.8) is 0 Å². The van der Waals surface area contributed by atoms with E-state index in [0.717, 1.165) is 44.9 Å². The Bertz CT molecular complexity index is 840. The highest BCUT2D eigenvalue weighted by atomic mass is 16.7. The first kappa shape index (κ1) is 44.2. The van der Waals surface area contributed by atoms with E-state index in [9.17, 15) is 34.8 Å². The minimum Gasteiger partial charge on any atom is -0.463 e. The third-order valence-corrected chi connectivity index (χ3v) is 8.64. The van der Waals surface area contributed by atoms with Crippen molar-refractivity contribution in [2.45, 2.75) is 192 Å². The number of aliphatic hydroxyl groups excluding tert-OH is 4. The molecule has 0 aliphatic carbocycles. The highest BCUT2D eigenvalue weighted by molar-refractivity contribution is 5.71. The molecule has 12 heteroatoms. The van der Waals surface area contributed by atoms with Gasteiger partial charge in [-0.15, -0.1) is 0 Å². The summed E-state index contributed by atoms with van der Waals surface area (Å²) in [5, 5.41) is 40.4. The second kappa shape index (κ2) is 27.9. The molecule has 1 aliphatic rings. The van der Waals surface area contributed by atoms with Gasteiger partial charge in [0, 0.05) is 19.8 Å². The molecule has 0 aromatic heterocycles. The van der Waals surface area contributed by atoms with Crippen molar-refractivity contribution in [1.82, 2.24) is 0 Å². The van der Waals surface area contributed by atoms with E-state index in [1.165, 1.54) is 64.7 Å². The van der Waals surface area contributed by atoms with E-state index < -0.39 is 80.6 Å². The first-order chi connectivity index (χ1) is 23.1. The molecular weight excluding hydrogens is 624 g/mol. The molecule has 0 amide bonds. The summed E-state index contributed by atoms with van der Waals surface area (Å²) in [7, 11) is 0. The maximum atomic E-state index is 13.0. The molecule has 12 nitrogen and oxygen atoms in total. The van der Waals surface area contributed by atoms with E-state index in [1.54, 1.807) is 0 Å². The maximum absolute atomic E-state index is 13.0. The minimum absolute atomic E-state index is 0.0942. The number of hydrogen-bond donors (Lipinski definition) is 4. The van der Waals surface area contributed by atoms with Crippen LogP contribution in [0.15, 0.2) is 0 Å². The van der Waals surface area contributed by atoms with Crippen LogP contribution in [0.4, 0.5) is 0 Å². The Kier molecular flexibility index (Phi) is 25.7. The lowest BCUT2D eigenvalue weighted by atomic mass is 9.98. The van der Waals surface area contributed by atoms with Crippen LogP contribution in [-0.4, -0.2) is 101 Å². The number of unbranched alkanes of at least 4 members (excludes halogenated alkanes) is 16. The molecule has 0 bridgehead atoms. The zero-order chi connectivity index (χ0) is 35.6. The van der Waals surface area contributed by atoms with Crippen molar-refractivity contribution in [2.75, 3.05) is 19.8 Å². The van der Waals surface area contributed by atoms with Gasteiger partial charge >= 0.3 is 17.9 Å². The van der Waals surface area contributed by atoms with Crippen LogP contribution in [0.1, 0.15) is 149 Å². The van der Waals surface area contributed by atoms with Crippen molar-refractivity contribution in [1.29, 1.82) is 0 Å². The zero-order valence-corrected chi connectivity index (χ0v) is 29.9. The molecular formula is C36H66O12. The number of rotatable bonds is 29. The topological polar surface area (TPSA) is 178 Å².